The average Bonchev–Trinajstić information content (AvgIpc) is 2.38. The molecule has 3 atom stereocenters. The van der Waals surface area contributed by atoms with Gasteiger partial charge in [-0.25, -0.2) is 0 Å². The molecule has 0 aromatic carbocycles. The van der Waals surface area contributed by atoms with E-state index in [1.165, 1.54) is 0 Å². The summed E-state index contributed by atoms with van der Waals surface area (Å²) >= 11 is 4.32. The Balaban J connectivity index is 4.10. The molecular formula is C15H32O3S. The second-order valence-electron chi connectivity index (χ2n) is 5.41. The Labute approximate surface area is 124 Å². The van der Waals surface area contributed by atoms with Crippen LogP contribution in [0.15, 0.2) is 0 Å². The molecule has 0 aliphatic heterocycles. The van der Waals surface area contributed by atoms with E-state index in [9.17, 15) is 0 Å². The van der Waals surface area contributed by atoms with Crippen LogP contribution >= 0.6 is 12.6 Å². The Morgan fingerprint density at radius 1 is 1.00 bits per heavy atom. The van der Waals surface area contributed by atoms with E-state index in [2.05, 4.69) is 40.3 Å². The maximum Gasteiger partial charge on any atom is 0.0704 e. The van der Waals surface area contributed by atoms with Crippen LogP contribution < -0.4 is 0 Å². The molecule has 19 heavy (non-hydrogen) atoms. The monoisotopic (exact) mass is 292 g/mol. The van der Waals surface area contributed by atoms with Crippen LogP contribution in [-0.4, -0.2) is 44.4 Å². The Morgan fingerprint density at radius 2 is 1.68 bits per heavy atom. The Hall–Kier alpha value is 0.230. The number of hydrogen-bond acceptors (Lipinski definition) is 4. The van der Waals surface area contributed by atoms with Crippen molar-refractivity contribution in [1.29, 1.82) is 0 Å². The maximum absolute atomic E-state index is 5.92. The van der Waals surface area contributed by atoms with Crippen LogP contribution in [0.2, 0.25) is 0 Å². The van der Waals surface area contributed by atoms with Gasteiger partial charge in [-0.1, -0.05) is 20.8 Å². The van der Waals surface area contributed by atoms with Crippen molar-refractivity contribution >= 4 is 12.6 Å². The minimum absolute atomic E-state index is 0.195. The topological polar surface area (TPSA) is 27.7 Å². The van der Waals surface area contributed by atoms with Gasteiger partial charge in [0.2, 0.25) is 0 Å². The Bertz CT molecular complexity index is 200. The van der Waals surface area contributed by atoms with Crippen LogP contribution in [0.4, 0.5) is 0 Å². The first-order valence-corrected chi connectivity index (χ1v) is 8.07. The molecule has 0 aromatic rings. The first-order chi connectivity index (χ1) is 9.02. The first kappa shape index (κ1) is 19.2. The van der Waals surface area contributed by atoms with E-state index in [0.29, 0.717) is 25.0 Å². The van der Waals surface area contributed by atoms with Crippen molar-refractivity contribution in [1.82, 2.24) is 0 Å². The summed E-state index contributed by atoms with van der Waals surface area (Å²) in [4.78, 5) is 0. The molecule has 0 saturated heterocycles. The third-order valence-corrected chi connectivity index (χ3v) is 3.45. The number of thiol groups is 1. The summed E-state index contributed by atoms with van der Waals surface area (Å²) in [5.41, 5.74) is 0. The highest BCUT2D eigenvalue weighted by atomic mass is 32.1. The lowest BCUT2D eigenvalue weighted by Crippen LogP contribution is -2.33. The minimum Gasteiger partial charge on any atom is -0.379 e. The molecule has 0 radical (unpaired) electrons. The summed E-state index contributed by atoms with van der Waals surface area (Å²) < 4.78 is 17.1. The van der Waals surface area contributed by atoms with Crippen molar-refractivity contribution in [2.75, 3.05) is 32.2 Å². The van der Waals surface area contributed by atoms with Crippen LogP contribution in [0.5, 0.6) is 0 Å². The zero-order chi connectivity index (χ0) is 14.7. The quantitative estimate of drug-likeness (QED) is 0.441. The van der Waals surface area contributed by atoms with Gasteiger partial charge in [0.15, 0.2) is 0 Å². The molecule has 0 aliphatic carbocycles. The molecule has 0 saturated carbocycles. The van der Waals surface area contributed by atoms with Gasteiger partial charge in [-0.2, -0.15) is 12.6 Å². The van der Waals surface area contributed by atoms with Gasteiger partial charge in [0, 0.05) is 19.1 Å². The SMILES string of the molecule is CCOCCOC(CCS)C(C)C(C)OCC(C)C. The fraction of sp³-hybridized carbons (Fsp3) is 1.00. The van der Waals surface area contributed by atoms with E-state index < -0.39 is 0 Å². The van der Waals surface area contributed by atoms with Crippen LogP contribution in [0, 0.1) is 11.8 Å². The second-order valence-corrected chi connectivity index (χ2v) is 5.86. The summed E-state index contributed by atoms with van der Waals surface area (Å²) in [6.07, 6.45) is 1.35. The smallest absolute Gasteiger partial charge is 0.0704 e. The van der Waals surface area contributed by atoms with E-state index in [1.54, 1.807) is 0 Å². The van der Waals surface area contributed by atoms with Gasteiger partial charge < -0.3 is 14.2 Å². The maximum atomic E-state index is 5.92. The van der Waals surface area contributed by atoms with Crippen molar-refractivity contribution < 1.29 is 14.2 Å². The van der Waals surface area contributed by atoms with E-state index >= 15 is 0 Å². The molecular weight excluding hydrogens is 260 g/mol. The molecule has 0 aliphatic rings. The van der Waals surface area contributed by atoms with Gasteiger partial charge in [0.05, 0.1) is 25.4 Å². The fourth-order valence-electron chi connectivity index (χ4n) is 1.83. The molecule has 116 valence electrons. The van der Waals surface area contributed by atoms with Crippen LogP contribution in [-0.2, 0) is 14.2 Å². The standard InChI is InChI=1S/C15H32O3S/c1-6-16-8-9-17-15(7-10-19)13(4)14(5)18-11-12(2)3/h12-15,19H,6-11H2,1-5H3. The van der Waals surface area contributed by atoms with E-state index in [-0.39, 0.29) is 12.2 Å². The summed E-state index contributed by atoms with van der Waals surface area (Å²) in [7, 11) is 0. The summed E-state index contributed by atoms with van der Waals surface area (Å²) in [5, 5.41) is 0. The highest BCUT2D eigenvalue weighted by molar-refractivity contribution is 7.80. The molecule has 0 fully saturated rings. The summed E-state index contributed by atoms with van der Waals surface area (Å²) in [5.74, 6) is 1.77. The van der Waals surface area contributed by atoms with Crippen molar-refractivity contribution in [2.24, 2.45) is 11.8 Å². The van der Waals surface area contributed by atoms with Gasteiger partial charge in [-0.15, -0.1) is 0 Å². The predicted molar refractivity (Wildman–Crippen MR) is 84.1 cm³/mol. The molecule has 0 amide bonds. The number of rotatable bonds is 12. The third kappa shape index (κ3) is 9.72. The molecule has 0 heterocycles. The minimum atomic E-state index is 0.195. The molecule has 0 bridgehead atoms. The van der Waals surface area contributed by atoms with Crippen LogP contribution in [0.3, 0.4) is 0 Å². The highest BCUT2D eigenvalue weighted by Crippen LogP contribution is 2.19. The predicted octanol–water partition coefficient (Wildman–Crippen LogP) is 3.43. The number of hydrogen-bond donors (Lipinski definition) is 1. The van der Waals surface area contributed by atoms with Crippen LogP contribution in [0.1, 0.15) is 41.0 Å². The third-order valence-electron chi connectivity index (χ3n) is 3.20. The first-order valence-electron chi connectivity index (χ1n) is 7.44. The van der Waals surface area contributed by atoms with E-state index in [1.807, 2.05) is 6.92 Å². The van der Waals surface area contributed by atoms with Gasteiger partial charge in [-0.05, 0) is 31.9 Å². The molecule has 4 heteroatoms. The fourth-order valence-corrected chi connectivity index (χ4v) is 2.08. The lowest BCUT2D eigenvalue weighted by Gasteiger charge is -2.29. The molecule has 0 spiro atoms. The zero-order valence-electron chi connectivity index (χ0n) is 13.2. The van der Waals surface area contributed by atoms with Crippen molar-refractivity contribution in [3.63, 3.8) is 0 Å². The molecule has 3 unspecified atom stereocenters. The largest absolute Gasteiger partial charge is 0.379 e. The van der Waals surface area contributed by atoms with Gasteiger partial charge in [0.1, 0.15) is 0 Å². The molecule has 0 N–H and O–H groups in total. The lowest BCUT2D eigenvalue weighted by atomic mass is 9.97. The van der Waals surface area contributed by atoms with Crippen molar-refractivity contribution in [3.05, 3.63) is 0 Å². The molecule has 0 rings (SSSR count). The van der Waals surface area contributed by atoms with Crippen LogP contribution in [0.25, 0.3) is 0 Å². The van der Waals surface area contributed by atoms with E-state index in [4.69, 9.17) is 14.2 Å². The van der Waals surface area contributed by atoms with Crippen molar-refractivity contribution in [2.45, 2.75) is 53.2 Å². The van der Waals surface area contributed by atoms with E-state index in [0.717, 1.165) is 25.4 Å². The van der Waals surface area contributed by atoms with Gasteiger partial charge in [0.25, 0.3) is 0 Å². The Morgan fingerprint density at radius 3 is 2.21 bits per heavy atom. The highest BCUT2D eigenvalue weighted by Gasteiger charge is 2.23. The van der Waals surface area contributed by atoms with Crippen molar-refractivity contribution in [3.8, 4) is 0 Å². The molecule has 0 aromatic heterocycles. The average molecular weight is 292 g/mol. The normalized spacial score (nSPS) is 16.6. The molecule has 3 nitrogen and oxygen atoms in total. The second kappa shape index (κ2) is 12.0. The Kier molecular flexibility index (Phi) is 12.2. The zero-order valence-corrected chi connectivity index (χ0v) is 14.1. The summed E-state index contributed by atoms with van der Waals surface area (Å²) in [6.45, 7) is 13.5. The lowest BCUT2D eigenvalue weighted by molar-refractivity contribution is -0.0689. The van der Waals surface area contributed by atoms with Gasteiger partial charge >= 0.3 is 0 Å². The van der Waals surface area contributed by atoms with Gasteiger partial charge in [-0.3, -0.25) is 0 Å². The number of ether oxygens (including phenoxy) is 3. The summed E-state index contributed by atoms with van der Waals surface area (Å²) in [6, 6.07) is 0.